The highest BCUT2D eigenvalue weighted by Gasteiger charge is 1.76. The summed E-state index contributed by atoms with van der Waals surface area (Å²) in [5.41, 5.74) is 1.29. The predicted molar refractivity (Wildman–Crippen MR) is 57.0 cm³/mol. The van der Waals surface area contributed by atoms with Gasteiger partial charge in [0.1, 0.15) is 0 Å². The average molecular weight is 158 g/mol. The lowest BCUT2D eigenvalue weighted by Gasteiger charge is -1.87. The van der Waals surface area contributed by atoms with Crippen molar-refractivity contribution in [3.63, 3.8) is 0 Å². The Balaban J connectivity index is -0.000000109. The largest absolute Gasteiger partial charge is 0.100 e. The highest BCUT2D eigenvalue weighted by atomic mass is 13.8. The zero-order valence-electron chi connectivity index (χ0n) is 9.33. The van der Waals surface area contributed by atoms with Crippen LogP contribution in [0.2, 0.25) is 0 Å². The van der Waals surface area contributed by atoms with Crippen LogP contribution >= 0.6 is 0 Å². The van der Waals surface area contributed by atoms with Crippen molar-refractivity contribution in [2.75, 3.05) is 0 Å². The van der Waals surface area contributed by atoms with Gasteiger partial charge in [0, 0.05) is 0 Å². The molecule has 0 saturated heterocycles. The second-order valence-corrected chi connectivity index (χ2v) is 2.41. The fraction of sp³-hybridized carbons (Fsp3) is 0.818. The van der Waals surface area contributed by atoms with Gasteiger partial charge in [-0.25, -0.2) is 0 Å². The molecule has 0 aromatic rings. The molecule has 0 aromatic carbocycles. The molecular weight excluding hydrogens is 132 g/mol. The van der Waals surface area contributed by atoms with E-state index in [9.17, 15) is 0 Å². The highest BCUT2D eigenvalue weighted by molar-refractivity contribution is 4.86. The lowest BCUT2D eigenvalue weighted by Crippen LogP contribution is -1.66. The van der Waals surface area contributed by atoms with E-state index in [1.165, 1.54) is 24.8 Å². The number of rotatable bonds is 2. The zero-order chi connectivity index (χ0) is 9.70. The third-order valence-electron chi connectivity index (χ3n) is 0.677. The molecule has 0 aromatic heterocycles. The number of allylic oxidation sites excluding steroid dienone is 1. The maximum Gasteiger partial charge on any atom is -0.0328 e. The van der Waals surface area contributed by atoms with Gasteiger partial charge in [0.15, 0.2) is 0 Å². The fourth-order valence-electron chi connectivity index (χ4n) is 0.427. The van der Waals surface area contributed by atoms with Crippen molar-refractivity contribution in [3.8, 4) is 0 Å². The number of hydrogen-bond acceptors (Lipinski definition) is 0. The minimum atomic E-state index is 1.18. The van der Waals surface area contributed by atoms with Gasteiger partial charge >= 0.3 is 0 Å². The van der Waals surface area contributed by atoms with Gasteiger partial charge in [-0.1, -0.05) is 53.0 Å². The first-order valence-corrected chi connectivity index (χ1v) is 4.83. The lowest BCUT2D eigenvalue weighted by molar-refractivity contribution is 0.910. The smallest absolute Gasteiger partial charge is 0.0328 e. The SMILES string of the molecule is C=C(C)CCC.CC.CCC. The van der Waals surface area contributed by atoms with E-state index in [1.54, 1.807) is 0 Å². The monoisotopic (exact) mass is 158 g/mol. The van der Waals surface area contributed by atoms with Crippen molar-refractivity contribution in [1.29, 1.82) is 0 Å². The molecule has 0 fully saturated rings. The molecule has 0 nitrogen and oxygen atoms in total. The molecule has 0 N–H and O–H groups in total. The zero-order valence-corrected chi connectivity index (χ0v) is 9.33. The molecular formula is C11H26. The number of hydrogen-bond donors (Lipinski definition) is 0. The molecule has 0 aliphatic carbocycles. The minimum Gasteiger partial charge on any atom is -0.100 e. The molecule has 0 heteroatoms. The van der Waals surface area contributed by atoms with E-state index in [-0.39, 0.29) is 0 Å². The second-order valence-electron chi connectivity index (χ2n) is 2.41. The first-order valence-electron chi connectivity index (χ1n) is 4.83. The molecule has 0 aliphatic rings. The Hall–Kier alpha value is -0.260. The Labute approximate surface area is 73.7 Å². The summed E-state index contributed by atoms with van der Waals surface area (Å²) in [7, 11) is 0. The molecule has 0 heterocycles. The average Bonchev–Trinajstić information content (AvgIpc) is 1.93. The summed E-state index contributed by atoms with van der Waals surface area (Å²) >= 11 is 0. The van der Waals surface area contributed by atoms with Gasteiger partial charge in [-0.2, -0.15) is 0 Å². The van der Waals surface area contributed by atoms with Crippen molar-refractivity contribution >= 4 is 0 Å². The van der Waals surface area contributed by atoms with Crippen molar-refractivity contribution in [3.05, 3.63) is 12.2 Å². The van der Waals surface area contributed by atoms with Crippen LogP contribution in [0.1, 0.15) is 60.8 Å². The van der Waals surface area contributed by atoms with Crippen LogP contribution in [0.25, 0.3) is 0 Å². The Kier molecular flexibility index (Phi) is 34.9. The molecule has 11 heavy (non-hydrogen) atoms. The van der Waals surface area contributed by atoms with Crippen LogP contribution in [0, 0.1) is 0 Å². The Morgan fingerprint density at radius 1 is 1.09 bits per heavy atom. The van der Waals surface area contributed by atoms with E-state index in [2.05, 4.69) is 34.3 Å². The van der Waals surface area contributed by atoms with Crippen LogP contribution < -0.4 is 0 Å². The molecule has 70 valence electrons. The molecule has 0 saturated carbocycles. The van der Waals surface area contributed by atoms with Crippen LogP contribution in [0.3, 0.4) is 0 Å². The van der Waals surface area contributed by atoms with Crippen molar-refractivity contribution < 1.29 is 0 Å². The van der Waals surface area contributed by atoms with Gasteiger partial charge in [-0.05, 0) is 13.3 Å². The van der Waals surface area contributed by atoms with Gasteiger partial charge in [-0.15, -0.1) is 6.58 Å². The summed E-state index contributed by atoms with van der Waals surface area (Å²) in [5.74, 6) is 0. The summed E-state index contributed by atoms with van der Waals surface area (Å²) in [6.07, 6.45) is 3.66. The topological polar surface area (TPSA) is 0 Å². The molecule has 0 radical (unpaired) electrons. The Morgan fingerprint density at radius 2 is 1.36 bits per heavy atom. The van der Waals surface area contributed by atoms with Crippen LogP contribution in [0.15, 0.2) is 12.2 Å². The molecule has 0 amide bonds. The van der Waals surface area contributed by atoms with Crippen LogP contribution in [-0.4, -0.2) is 0 Å². The highest BCUT2D eigenvalue weighted by Crippen LogP contribution is 1.96. The van der Waals surface area contributed by atoms with E-state index < -0.39 is 0 Å². The van der Waals surface area contributed by atoms with Gasteiger partial charge in [0.2, 0.25) is 0 Å². The Bertz CT molecular complexity index is 53.1. The van der Waals surface area contributed by atoms with Crippen molar-refractivity contribution in [2.24, 2.45) is 0 Å². The summed E-state index contributed by atoms with van der Waals surface area (Å²) in [6.45, 7) is 16.2. The summed E-state index contributed by atoms with van der Waals surface area (Å²) < 4.78 is 0. The fourth-order valence-corrected chi connectivity index (χ4v) is 0.427. The van der Waals surface area contributed by atoms with E-state index in [0.29, 0.717) is 0 Å². The molecule has 0 atom stereocenters. The maximum absolute atomic E-state index is 3.74. The van der Waals surface area contributed by atoms with Crippen molar-refractivity contribution in [1.82, 2.24) is 0 Å². The lowest BCUT2D eigenvalue weighted by atomic mass is 10.2. The molecule has 0 bridgehead atoms. The van der Waals surface area contributed by atoms with E-state index in [4.69, 9.17) is 0 Å². The van der Waals surface area contributed by atoms with Crippen LogP contribution in [0.4, 0.5) is 0 Å². The maximum atomic E-state index is 3.74. The summed E-state index contributed by atoms with van der Waals surface area (Å²) in [4.78, 5) is 0. The summed E-state index contributed by atoms with van der Waals surface area (Å²) in [6, 6.07) is 0. The van der Waals surface area contributed by atoms with Crippen LogP contribution in [-0.2, 0) is 0 Å². The first-order chi connectivity index (χ1) is 5.18. The quantitative estimate of drug-likeness (QED) is 0.506. The van der Waals surface area contributed by atoms with Crippen LogP contribution in [0.5, 0.6) is 0 Å². The predicted octanol–water partition coefficient (Wildman–Crippen LogP) is 4.81. The third kappa shape index (κ3) is 77.7. The van der Waals surface area contributed by atoms with Gasteiger partial charge in [0.25, 0.3) is 0 Å². The summed E-state index contributed by atoms with van der Waals surface area (Å²) in [5, 5.41) is 0. The van der Waals surface area contributed by atoms with Gasteiger partial charge < -0.3 is 0 Å². The van der Waals surface area contributed by atoms with Crippen molar-refractivity contribution in [2.45, 2.75) is 60.8 Å². The van der Waals surface area contributed by atoms with E-state index in [1.807, 2.05) is 13.8 Å². The van der Waals surface area contributed by atoms with Gasteiger partial charge in [0.05, 0.1) is 0 Å². The molecule has 0 rings (SSSR count). The standard InChI is InChI=1S/C6H12.C3H8.C2H6/c1-4-5-6(2)3;1-3-2;1-2/h2,4-5H2,1,3H3;3H2,1-2H3;1-2H3. The second kappa shape index (κ2) is 22.6. The van der Waals surface area contributed by atoms with Gasteiger partial charge in [-0.3, -0.25) is 0 Å². The Morgan fingerprint density at radius 3 is 1.36 bits per heavy atom. The van der Waals surface area contributed by atoms with E-state index in [0.717, 1.165) is 0 Å². The van der Waals surface area contributed by atoms with E-state index >= 15 is 0 Å². The first kappa shape index (κ1) is 17.0. The molecule has 0 unspecified atom stereocenters. The third-order valence-corrected chi connectivity index (χ3v) is 0.677. The minimum absolute atomic E-state index is 1.18. The normalized spacial score (nSPS) is 6.73. The molecule has 0 spiro atoms. The molecule has 0 aliphatic heterocycles.